The maximum atomic E-state index is 13.9. The number of sulfonamides is 1. The Morgan fingerprint density at radius 1 is 0.872 bits per heavy atom. The number of hydrogen-bond acceptors (Lipinski definition) is 5. The molecule has 0 aliphatic heterocycles. The average Bonchev–Trinajstić information content (AvgIpc) is 2.95. The lowest BCUT2D eigenvalue weighted by Gasteiger charge is -2.27. The Balaban J connectivity index is 1.72. The topological polar surface area (TPSA) is 84.9 Å². The van der Waals surface area contributed by atoms with Gasteiger partial charge in [-0.25, -0.2) is 8.42 Å². The molecule has 4 aromatic carbocycles. The van der Waals surface area contributed by atoms with E-state index in [1.807, 2.05) is 61.5 Å². The first kappa shape index (κ1) is 28.0. The predicted molar refractivity (Wildman–Crippen MR) is 153 cm³/mol. The second-order valence-electron chi connectivity index (χ2n) is 8.77. The van der Waals surface area contributed by atoms with Gasteiger partial charge in [0.25, 0.3) is 10.0 Å². The summed E-state index contributed by atoms with van der Waals surface area (Å²) in [4.78, 5) is 13.5. The number of rotatable bonds is 10. The van der Waals surface area contributed by atoms with Crippen LogP contribution in [0.1, 0.15) is 22.7 Å². The van der Waals surface area contributed by atoms with Crippen molar-refractivity contribution in [1.29, 1.82) is 0 Å². The number of anilines is 1. The van der Waals surface area contributed by atoms with E-state index >= 15 is 0 Å². The molecule has 0 aromatic heterocycles. The number of benzene rings is 4. The van der Waals surface area contributed by atoms with Gasteiger partial charge < -0.3 is 14.8 Å². The third kappa shape index (κ3) is 6.35. The number of aryl methyl sites for hydroxylation is 1. The quantitative estimate of drug-likeness (QED) is 0.264. The summed E-state index contributed by atoms with van der Waals surface area (Å²) in [6.07, 6.45) is 0. The fourth-order valence-corrected chi connectivity index (χ4v) is 5.82. The standard InChI is InChI=1S/C30H29ClN2O5S/c1-21-9-7-8-12-26(21)30(22-10-5-4-6-11-22)32-29(34)20-33(24-15-13-23(31)14-16-24)39(35,36)25-17-18-27(37-2)28(19-25)38-3/h4-19,30H,20H2,1-3H3,(H,32,34)/t30-/m0/s1. The third-order valence-corrected chi connectivity index (χ3v) is 8.30. The van der Waals surface area contributed by atoms with Crippen LogP contribution in [0.15, 0.2) is 102 Å². The second-order valence-corrected chi connectivity index (χ2v) is 11.1. The summed E-state index contributed by atoms with van der Waals surface area (Å²) in [5.74, 6) is 0.157. The minimum absolute atomic E-state index is 0.0542. The summed E-state index contributed by atoms with van der Waals surface area (Å²) in [6, 6.07) is 27.4. The monoisotopic (exact) mass is 564 g/mol. The molecule has 39 heavy (non-hydrogen) atoms. The molecule has 9 heteroatoms. The van der Waals surface area contributed by atoms with E-state index in [0.717, 1.165) is 21.0 Å². The van der Waals surface area contributed by atoms with Crippen LogP contribution < -0.4 is 19.1 Å². The smallest absolute Gasteiger partial charge is 0.264 e. The van der Waals surface area contributed by atoms with Crippen molar-refractivity contribution in [2.45, 2.75) is 17.9 Å². The highest BCUT2D eigenvalue weighted by molar-refractivity contribution is 7.92. The van der Waals surface area contributed by atoms with Gasteiger partial charge in [-0.1, -0.05) is 66.2 Å². The minimum atomic E-state index is -4.20. The Kier molecular flexibility index (Phi) is 8.79. The molecule has 0 fully saturated rings. The highest BCUT2D eigenvalue weighted by atomic mass is 35.5. The number of carbonyl (C=O) groups is 1. The number of hydrogen-bond donors (Lipinski definition) is 1. The number of amides is 1. The van der Waals surface area contributed by atoms with Gasteiger partial charge in [0.05, 0.1) is 30.8 Å². The molecular formula is C30H29ClN2O5S. The van der Waals surface area contributed by atoms with Gasteiger partial charge in [0.2, 0.25) is 5.91 Å². The molecule has 0 aliphatic carbocycles. The van der Waals surface area contributed by atoms with E-state index in [0.29, 0.717) is 10.8 Å². The number of ether oxygens (including phenoxy) is 2. The van der Waals surface area contributed by atoms with E-state index in [-0.39, 0.29) is 16.3 Å². The van der Waals surface area contributed by atoms with Crippen LogP contribution in [0.5, 0.6) is 11.5 Å². The van der Waals surface area contributed by atoms with Gasteiger partial charge in [-0.3, -0.25) is 9.10 Å². The fourth-order valence-electron chi connectivity index (χ4n) is 4.26. The summed E-state index contributed by atoms with van der Waals surface area (Å²) in [5.41, 5.74) is 3.08. The molecule has 202 valence electrons. The van der Waals surface area contributed by atoms with E-state index in [2.05, 4.69) is 5.32 Å². The van der Waals surface area contributed by atoms with Crippen molar-refractivity contribution < 1.29 is 22.7 Å². The molecule has 1 amide bonds. The average molecular weight is 565 g/mol. The fraction of sp³-hybridized carbons (Fsp3) is 0.167. The van der Waals surface area contributed by atoms with Crippen molar-refractivity contribution >= 4 is 33.2 Å². The SMILES string of the molecule is COc1ccc(S(=O)(=O)N(CC(=O)N[C@@H](c2ccccc2)c2ccccc2C)c2ccc(Cl)cc2)cc1OC. The molecule has 0 radical (unpaired) electrons. The van der Waals surface area contributed by atoms with Crippen molar-refractivity contribution in [1.82, 2.24) is 5.32 Å². The molecule has 0 aliphatic rings. The van der Waals surface area contributed by atoms with Crippen LogP contribution in [0.4, 0.5) is 5.69 Å². The van der Waals surface area contributed by atoms with E-state index in [4.69, 9.17) is 21.1 Å². The molecule has 0 saturated carbocycles. The third-order valence-electron chi connectivity index (χ3n) is 6.28. The van der Waals surface area contributed by atoms with Crippen LogP contribution in [-0.4, -0.2) is 35.1 Å². The second kappa shape index (κ2) is 12.2. The first-order valence-electron chi connectivity index (χ1n) is 12.1. The van der Waals surface area contributed by atoms with Crippen LogP contribution in [0.2, 0.25) is 5.02 Å². The lowest BCUT2D eigenvalue weighted by molar-refractivity contribution is -0.120. The summed E-state index contributed by atoms with van der Waals surface area (Å²) in [5, 5.41) is 3.49. The van der Waals surface area contributed by atoms with E-state index < -0.39 is 28.5 Å². The molecule has 4 rings (SSSR count). The number of methoxy groups -OCH3 is 2. The lowest BCUT2D eigenvalue weighted by Crippen LogP contribution is -2.42. The minimum Gasteiger partial charge on any atom is -0.493 e. The maximum Gasteiger partial charge on any atom is 0.264 e. The first-order valence-corrected chi connectivity index (χ1v) is 14.0. The van der Waals surface area contributed by atoms with Gasteiger partial charge >= 0.3 is 0 Å². The molecule has 0 saturated heterocycles. The summed E-state index contributed by atoms with van der Waals surface area (Å²) < 4.78 is 39.5. The van der Waals surface area contributed by atoms with Gasteiger partial charge in [-0.15, -0.1) is 0 Å². The Morgan fingerprint density at radius 3 is 2.15 bits per heavy atom. The Hall–Kier alpha value is -4.01. The normalized spacial score (nSPS) is 11.9. The van der Waals surface area contributed by atoms with Crippen molar-refractivity contribution in [2.75, 3.05) is 25.1 Å². The summed E-state index contributed by atoms with van der Waals surface area (Å²) >= 11 is 6.07. The number of nitrogens with zero attached hydrogens (tertiary/aromatic N) is 1. The number of halogens is 1. The Morgan fingerprint density at radius 2 is 1.51 bits per heavy atom. The molecule has 0 bridgehead atoms. The van der Waals surface area contributed by atoms with Crippen LogP contribution in [-0.2, 0) is 14.8 Å². The van der Waals surface area contributed by atoms with Crippen molar-refractivity contribution in [3.05, 3.63) is 119 Å². The molecule has 1 atom stereocenters. The van der Waals surface area contributed by atoms with Crippen LogP contribution in [0, 0.1) is 6.92 Å². The van der Waals surface area contributed by atoms with Crippen molar-refractivity contribution in [3.63, 3.8) is 0 Å². The largest absolute Gasteiger partial charge is 0.493 e. The van der Waals surface area contributed by atoms with Crippen molar-refractivity contribution in [2.24, 2.45) is 0 Å². The van der Waals surface area contributed by atoms with Crippen molar-refractivity contribution in [3.8, 4) is 11.5 Å². The molecule has 0 spiro atoms. The van der Waals surface area contributed by atoms with Gasteiger partial charge in [0.15, 0.2) is 11.5 Å². The van der Waals surface area contributed by atoms with Crippen LogP contribution in [0.3, 0.4) is 0 Å². The zero-order chi connectivity index (χ0) is 28.0. The number of carbonyl (C=O) groups excluding carboxylic acids is 1. The number of nitrogens with one attached hydrogen (secondary N) is 1. The molecule has 7 nitrogen and oxygen atoms in total. The lowest BCUT2D eigenvalue weighted by atomic mass is 9.95. The van der Waals surface area contributed by atoms with Crippen LogP contribution in [0.25, 0.3) is 0 Å². The Labute approximate surface area is 234 Å². The molecule has 0 unspecified atom stereocenters. The first-order chi connectivity index (χ1) is 18.7. The van der Waals surface area contributed by atoms with Gasteiger partial charge in [-0.05, 0) is 60.0 Å². The molecule has 0 heterocycles. The van der Waals surface area contributed by atoms with Gasteiger partial charge in [0.1, 0.15) is 6.54 Å². The highest BCUT2D eigenvalue weighted by Gasteiger charge is 2.29. The van der Waals surface area contributed by atoms with E-state index in [1.165, 1.54) is 32.4 Å². The highest BCUT2D eigenvalue weighted by Crippen LogP contribution is 2.33. The zero-order valence-corrected chi connectivity index (χ0v) is 23.4. The van der Waals surface area contributed by atoms with Gasteiger partial charge in [-0.2, -0.15) is 0 Å². The van der Waals surface area contributed by atoms with E-state index in [9.17, 15) is 13.2 Å². The van der Waals surface area contributed by atoms with Crippen LogP contribution >= 0.6 is 11.6 Å². The van der Waals surface area contributed by atoms with Gasteiger partial charge in [0, 0.05) is 11.1 Å². The molecular weight excluding hydrogens is 536 g/mol. The molecule has 1 N–H and O–H groups in total. The van der Waals surface area contributed by atoms with E-state index in [1.54, 1.807) is 24.3 Å². The summed E-state index contributed by atoms with van der Waals surface area (Å²) in [6.45, 7) is 1.51. The zero-order valence-electron chi connectivity index (χ0n) is 21.8. The Bertz CT molecular complexity index is 1540. The summed E-state index contributed by atoms with van der Waals surface area (Å²) in [7, 11) is -1.31. The molecule has 4 aromatic rings. The predicted octanol–water partition coefficient (Wildman–Crippen LogP) is 5.77. The maximum absolute atomic E-state index is 13.9.